The Bertz CT molecular complexity index is 413. The summed E-state index contributed by atoms with van der Waals surface area (Å²) in [4.78, 5) is 2.15. The first kappa shape index (κ1) is 14.7. The van der Waals surface area contributed by atoms with Gasteiger partial charge in [0.15, 0.2) is 0 Å². The highest BCUT2D eigenvalue weighted by molar-refractivity contribution is 5.88. The predicted octanol–water partition coefficient (Wildman–Crippen LogP) is 1.47. The molecule has 4 nitrogen and oxygen atoms in total. The van der Waals surface area contributed by atoms with E-state index in [4.69, 9.17) is 11.1 Å². The molecule has 1 unspecified atom stereocenters. The van der Waals surface area contributed by atoms with Crippen LogP contribution in [0.2, 0.25) is 0 Å². The molecule has 1 aromatic rings. The van der Waals surface area contributed by atoms with Crippen LogP contribution in [-0.2, 0) is 6.42 Å². The first-order chi connectivity index (χ1) is 8.54. The number of likely N-dealkylation sites (N-methyl/N-ethyl adjacent to an activating group) is 1. The zero-order valence-corrected chi connectivity index (χ0v) is 11.7. The molecular weight excluding hydrogens is 224 g/mol. The van der Waals surface area contributed by atoms with E-state index in [1.54, 1.807) is 0 Å². The Morgan fingerprint density at radius 3 is 2.56 bits per heavy atom. The molecule has 0 saturated carbocycles. The maximum absolute atomic E-state index is 7.54. The Kier molecular flexibility index (Phi) is 5.31. The van der Waals surface area contributed by atoms with Crippen molar-refractivity contribution in [3.05, 3.63) is 28.8 Å². The number of nitrogens with zero attached hydrogens (tertiary/aromatic N) is 1. The second kappa shape index (κ2) is 6.52. The van der Waals surface area contributed by atoms with E-state index in [0.717, 1.165) is 23.2 Å². The zero-order chi connectivity index (χ0) is 13.7. The summed E-state index contributed by atoms with van der Waals surface area (Å²) >= 11 is 0. The van der Waals surface area contributed by atoms with Crippen LogP contribution in [0.4, 0.5) is 5.69 Å². The minimum absolute atomic E-state index is 0.336. The van der Waals surface area contributed by atoms with Gasteiger partial charge in [0.05, 0.1) is 0 Å². The first-order valence-electron chi connectivity index (χ1n) is 6.22. The van der Waals surface area contributed by atoms with Gasteiger partial charge < -0.3 is 21.4 Å². The molecule has 1 aromatic carbocycles. The number of benzene rings is 1. The van der Waals surface area contributed by atoms with Gasteiger partial charge in [0.25, 0.3) is 0 Å². The van der Waals surface area contributed by atoms with Crippen molar-refractivity contribution in [3.63, 3.8) is 0 Å². The lowest BCUT2D eigenvalue weighted by Crippen LogP contribution is -2.37. The molecule has 0 saturated heterocycles. The van der Waals surface area contributed by atoms with Crippen molar-refractivity contribution < 1.29 is 0 Å². The van der Waals surface area contributed by atoms with E-state index in [1.165, 1.54) is 11.8 Å². The molecule has 0 heterocycles. The van der Waals surface area contributed by atoms with E-state index in [-0.39, 0.29) is 0 Å². The Morgan fingerprint density at radius 2 is 2.11 bits per heavy atom. The van der Waals surface area contributed by atoms with E-state index >= 15 is 0 Å². The topological polar surface area (TPSA) is 65.1 Å². The van der Waals surface area contributed by atoms with Gasteiger partial charge in [-0.15, -0.1) is 0 Å². The number of hydrogen-bond acceptors (Lipinski definition) is 4. The molecule has 4 heteroatoms. The van der Waals surface area contributed by atoms with Crippen LogP contribution in [0.15, 0.2) is 12.1 Å². The molecule has 0 aromatic heterocycles. The zero-order valence-electron chi connectivity index (χ0n) is 11.7. The summed E-state index contributed by atoms with van der Waals surface area (Å²) in [7, 11) is 5.97. The Hall–Kier alpha value is -1.39. The third-order valence-electron chi connectivity index (χ3n) is 3.50. The third-order valence-corrected chi connectivity index (χ3v) is 3.50. The monoisotopic (exact) mass is 248 g/mol. The van der Waals surface area contributed by atoms with Crippen molar-refractivity contribution in [2.75, 3.05) is 33.0 Å². The number of anilines is 1. The Balaban J connectivity index is 3.07. The Morgan fingerprint density at radius 1 is 1.44 bits per heavy atom. The summed E-state index contributed by atoms with van der Waals surface area (Å²) in [6.07, 6.45) is 2.33. The first-order valence-corrected chi connectivity index (χ1v) is 6.22. The van der Waals surface area contributed by atoms with Crippen molar-refractivity contribution in [1.82, 2.24) is 4.90 Å². The highest BCUT2D eigenvalue weighted by Gasteiger charge is 2.14. The smallest absolute Gasteiger partial charge is 0.0429 e. The molecule has 1 atom stereocenters. The van der Waals surface area contributed by atoms with Gasteiger partial charge in [0.2, 0.25) is 0 Å². The molecule has 0 radical (unpaired) electrons. The standard InChI is InChI=1S/C14H24N4/c1-10-11(7-12(8-15)18(3)4)5-6-14(17-2)13(10)9-16/h5-6,9,12,16-17H,7-8,15H2,1-4H3. The molecule has 18 heavy (non-hydrogen) atoms. The summed E-state index contributed by atoms with van der Waals surface area (Å²) in [5.41, 5.74) is 10.2. The molecule has 0 fully saturated rings. The molecule has 0 spiro atoms. The van der Waals surface area contributed by atoms with Crippen LogP contribution >= 0.6 is 0 Å². The predicted molar refractivity (Wildman–Crippen MR) is 78.8 cm³/mol. The van der Waals surface area contributed by atoms with Crippen molar-refractivity contribution in [1.29, 1.82) is 5.41 Å². The van der Waals surface area contributed by atoms with Gasteiger partial charge in [-0.3, -0.25) is 0 Å². The highest BCUT2D eigenvalue weighted by Crippen LogP contribution is 2.22. The second-order valence-electron chi connectivity index (χ2n) is 4.76. The van der Waals surface area contributed by atoms with Gasteiger partial charge in [-0.25, -0.2) is 0 Å². The van der Waals surface area contributed by atoms with Crippen LogP contribution in [0.5, 0.6) is 0 Å². The van der Waals surface area contributed by atoms with Crippen LogP contribution in [0.1, 0.15) is 16.7 Å². The maximum Gasteiger partial charge on any atom is 0.0429 e. The fraction of sp³-hybridized carbons (Fsp3) is 0.500. The van der Waals surface area contributed by atoms with Crippen molar-refractivity contribution in [2.45, 2.75) is 19.4 Å². The van der Waals surface area contributed by atoms with E-state index in [9.17, 15) is 0 Å². The van der Waals surface area contributed by atoms with Crippen LogP contribution in [-0.4, -0.2) is 44.8 Å². The van der Waals surface area contributed by atoms with Gasteiger partial charge in [-0.05, 0) is 44.6 Å². The second-order valence-corrected chi connectivity index (χ2v) is 4.76. The third kappa shape index (κ3) is 3.09. The van der Waals surface area contributed by atoms with Crippen LogP contribution in [0, 0.1) is 12.3 Å². The Labute approximate surface area is 110 Å². The molecule has 4 N–H and O–H groups in total. The highest BCUT2D eigenvalue weighted by atomic mass is 15.1. The summed E-state index contributed by atoms with van der Waals surface area (Å²) in [6.45, 7) is 2.71. The van der Waals surface area contributed by atoms with Gasteiger partial charge in [0, 0.05) is 37.1 Å². The van der Waals surface area contributed by atoms with Crippen LogP contribution < -0.4 is 11.1 Å². The van der Waals surface area contributed by atoms with Crippen molar-refractivity contribution in [3.8, 4) is 0 Å². The van der Waals surface area contributed by atoms with Gasteiger partial charge in [0.1, 0.15) is 0 Å². The fourth-order valence-electron chi connectivity index (χ4n) is 2.13. The normalized spacial score (nSPS) is 12.6. The lowest BCUT2D eigenvalue weighted by atomic mass is 9.95. The van der Waals surface area contributed by atoms with Gasteiger partial charge in [-0.1, -0.05) is 6.07 Å². The SMILES string of the molecule is CNc1ccc(CC(CN)N(C)C)c(C)c1C=N. The summed E-state index contributed by atoms with van der Waals surface area (Å²) < 4.78 is 0. The molecule has 0 bridgehead atoms. The quantitative estimate of drug-likeness (QED) is 0.668. The van der Waals surface area contributed by atoms with Gasteiger partial charge >= 0.3 is 0 Å². The molecule has 0 amide bonds. The number of rotatable bonds is 6. The minimum atomic E-state index is 0.336. The molecule has 0 aliphatic heterocycles. The fourth-order valence-corrected chi connectivity index (χ4v) is 2.13. The van der Waals surface area contributed by atoms with Crippen LogP contribution in [0.25, 0.3) is 0 Å². The largest absolute Gasteiger partial charge is 0.388 e. The minimum Gasteiger partial charge on any atom is -0.388 e. The van der Waals surface area contributed by atoms with Crippen molar-refractivity contribution >= 4 is 11.9 Å². The van der Waals surface area contributed by atoms with Crippen LogP contribution in [0.3, 0.4) is 0 Å². The lowest BCUT2D eigenvalue weighted by molar-refractivity contribution is 0.297. The van der Waals surface area contributed by atoms with Gasteiger partial charge in [-0.2, -0.15) is 0 Å². The van der Waals surface area contributed by atoms with E-state index < -0.39 is 0 Å². The number of hydrogen-bond donors (Lipinski definition) is 3. The van der Waals surface area contributed by atoms with Crippen molar-refractivity contribution in [2.24, 2.45) is 5.73 Å². The number of nitrogens with one attached hydrogen (secondary N) is 2. The average molecular weight is 248 g/mol. The molecule has 100 valence electrons. The van der Waals surface area contributed by atoms with E-state index in [1.807, 2.05) is 27.2 Å². The van der Waals surface area contributed by atoms with E-state index in [0.29, 0.717) is 12.6 Å². The molecule has 0 aliphatic rings. The summed E-state index contributed by atoms with van der Waals surface area (Å²) in [6, 6.07) is 4.49. The van der Waals surface area contributed by atoms with E-state index in [2.05, 4.69) is 23.2 Å². The number of nitrogens with two attached hydrogens (primary N) is 1. The summed E-state index contributed by atoms with van der Waals surface area (Å²) in [5, 5.41) is 10.7. The maximum atomic E-state index is 7.54. The molecule has 1 rings (SSSR count). The average Bonchev–Trinajstić information content (AvgIpc) is 2.36. The summed E-state index contributed by atoms with van der Waals surface area (Å²) in [5.74, 6) is 0. The molecule has 0 aliphatic carbocycles. The lowest BCUT2D eigenvalue weighted by Gasteiger charge is -2.24. The molecular formula is C14H24N4.